The summed E-state index contributed by atoms with van der Waals surface area (Å²) in [6, 6.07) is 12.9. The first-order valence-corrected chi connectivity index (χ1v) is 8.62. The van der Waals surface area contributed by atoms with Crippen molar-refractivity contribution < 1.29 is 28.6 Å². The van der Waals surface area contributed by atoms with Crippen molar-refractivity contribution in [3.05, 3.63) is 65.2 Å². The van der Waals surface area contributed by atoms with Gasteiger partial charge in [0.05, 0.1) is 18.2 Å². The zero-order chi connectivity index (χ0) is 20.7. The van der Waals surface area contributed by atoms with E-state index in [1.165, 1.54) is 7.11 Å². The molecule has 2 rings (SSSR count). The van der Waals surface area contributed by atoms with Gasteiger partial charge in [-0.15, -0.1) is 0 Å². The molecule has 7 nitrogen and oxygen atoms in total. The normalized spacial score (nSPS) is 10.7. The lowest BCUT2D eigenvalue weighted by Crippen LogP contribution is -2.27. The van der Waals surface area contributed by atoms with E-state index in [-0.39, 0.29) is 6.61 Å². The SMILES string of the molecule is COC(=O)c1cccc(COC(=O)c2ccc(NC(=O)OC(C)(C)C)cc2)c1. The van der Waals surface area contributed by atoms with Crippen molar-refractivity contribution in [2.75, 3.05) is 12.4 Å². The van der Waals surface area contributed by atoms with Crippen LogP contribution in [0, 0.1) is 0 Å². The van der Waals surface area contributed by atoms with Crippen LogP contribution in [0.25, 0.3) is 0 Å². The summed E-state index contributed by atoms with van der Waals surface area (Å²) in [6.07, 6.45) is -0.576. The smallest absolute Gasteiger partial charge is 0.412 e. The molecule has 1 amide bonds. The third-order valence-corrected chi connectivity index (χ3v) is 3.48. The molecule has 0 aliphatic heterocycles. The Morgan fingerprint density at radius 3 is 2.21 bits per heavy atom. The van der Waals surface area contributed by atoms with Gasteiger partial charge in [-0.05, 0) is 62.7 Å². The van der Waals surface area contributed by atoms with Crippen LogP contribution in [-0.2, 0) is 20.8 Å². The monoisotopic (exact) mass is 385 g/mol. The van der Waals surface area contributed by atoms with Gasteiger partial charge in [-0.25, -0.2) is 14.4 Å². The lowest BCUT2D eigenvalue weighted by Gasteiger charge is -2.19. The molecule has 0 unspecified atom stereocenters. The number of rotatable bonds is 5. The van der Waals surface area contributed by atoms with Gasteiger partial charge in [0.25, 0.3) is 0 Å². The van der Waals surface area contributed by atoms with E-state index in [1.807, 2.05) is 0 Å². The van der Waals surface area contributed by atoms with Crippen LogP contribution >= 0.6 is 0 Å². The summed E-state index contributed by atoms with van der Waals surface area (Å²) >= 11 is 0. The van der Waals surface area contributed by atoms with Gasteiger partial charge in [-0.2, -0.15) is 0 Å². The number of esters is 2. The molecule has 2 aromatic rings. The minimum atomic E-state index is -0.598. The summed E-state index contributed by atoms with van der Waals surface area (Å²) in [6.45, 7) is 5.33. The molecular formula is C21H23NO6. The molecule has 7 heteroatoms. The van der Waals surface area contributed by atoms with Gasteiger partial charge in [0, 0.05) is 5.69 Å². The molecule has 0 aliphatic carbocycles. The Morgan fingerprint density at radius 2 is 1.61 bits per heavy atom. The van der Waals surface area contributed by atoms with Crippen molar-refractivity contribution in [2.45, 2.75) is 33.0 Å². The number of methoxy groups -OCH3 is 1. The Labute approximate surface area is 163 Å². The Kier molecular flexibility index (Phi) is 6.76. The lowest BCUT2D eigenvalue weighted by molar-refractivity contribution is 0.0472. The second kappa shape index (κ2) is 9.03. The number of anilines is 1. The van der Waals surface area contributed by atoms with Crippen LogP contribution in [-0.4, -0.2) is 30.7 Å². The quantitative estimate of drug-likeness (QED) is 0.613. The van der Waals surface area contributed by atoms with Crippen molar-refractivity contribution >= 4 is 23.7 Å². The van der Waals surface area contributed by atoms with Crippen LogP contribution in [0.1, 0.15) is 47.1 Å². The van der Waals surface area contributed by atoms with Crippen molar-refractivity contribution in [3.8, 4) is 0 Å². The fourth-order valence-electron chi connectivity index (χ4n) is 2.25. The first kappa shape index (κ1) is 21.0. The van der Waals surface area contributed by atoms with Crippen LogP contribution in [0.4, 0.5) is 10.5 Å². The first-order chi connectivity index (χ1) is 13.2. The average molecular weight is 385 g/mol. The van der Waals surface area contributed by atoms with Crippen molar-refractivity contribution in [1.82, 2.24) is 0 Å². The van der Waals surface area contributed by atoms with Crippen LogP contribution in [0.5, 0.6) is 0 Å². The second-order valence-electron chi connectivity index (χ2n) is 6.97. The second-order valence-corrected chi connectivity index (χ2v) is 6.97. The predicted octanol–water partition coefficient (Wildman–Crippen LogP) is 4.18. The molecular weight excluding hydrogens is 362 g/mol. The third kappa shape index (κ3) is 6.42. The molecule has 0 saturated carbocycles. The topological polar surface area (TPSA) is 90.9 Å². The van der Waals surface area contributed by atoms with E-state index in [9.17, 15) is 14.4 Å². The fourth-order valence-corrected chi connectivity index (χ4v) is 2.25. The summed E-state index contributed by atoms with van der Waals surface area (Å²) < 4.78 is 15.1. The maximum Gasteiger partial charge on any atom is 0.412 e. The minimum Gasteiger partial charge on any atom is -0.465 e. The molecule has 0 aromatic heterocycles. The maximum absolute atomic E-state index is 12.2. The Morgan fingerprint density at radius 1 is 0.929 bits per heavy atom. The van der Waals surface area contributed by atoms with Crippen LogP contribution in [0.3, 0.4) is 0 Å². The number of amides is 1. The summed E-state index contributed by atoms with van der Waals surface area (Å²) in [4.78, 5) is 35.5. The van der Waals surface area contributed by atoms with Crippen molar-refractivity contribution in [2.24, 2.45) is 0 Å². The molecule has 0 atom stereocenters. The number of benzene rings is 2. The average Bonchev–Trinajstić information content (AvgIpc) is 2.64. The van der Waals surface area contributed by atoms with Gasteiger partial charge in [0.1, 0.15) is 12.2 Å². The molecule has 2 aromatic carbocycles. The van der Waals surface area contributed by atoms with Gasteiger partial charge < -0.3 is 14.2 Å². The highest BCUT2D eigenvalue weighted by atomic mass is 16.6. The number of hydrogen-bond acceptors (Lipinski definition) is 6. The van der Waals surface area contributed by atoms with Gasteiger partial charge in [-0.3, -0.25) is 5.32 Å². The van der Waals surface area contributed by atoms with Gasteiger partial charge in [0.2, 0.25) is 0 Å². The van der Waals surface area contributed by atoms with Gasteiger partial charge in [-0.1, -0.05) is 12.1 Å². The number of ether oxygens (including phenoxy) is 3. The molecule has 0 heterocycles. The van der Waals surface area contributed by atoms with E-state index >= 15 is 0 Å². The molecule has 148 valence electrons. The van der Waals surface area contributed by atoms with E-state index in [0.29, 0.717) is 22.4 Å². The Balaban J connectivity index is 1.93. The van der Waals surface area contributed by atoms with Gasteiger partial charge in [0.15, 0.2) is 0 Å². The minimum absolute atomic E-state index is 0.0155. The molecule has 28 heavy (non-hydrogen) atoms. The van der Waals surface area contributed by atoms with Crippen LogP contribution in [0.15, 0.2) is 48.5 Å². The molecule has 0 saturated heterocycles. The zero-order valence-corrected chi connectivity index (χ0v) is 16.3. The third-order valence-electron chi connectivity index (χ3n) is 3.48. The highest BCUT2D eigenvalue weighted by molar-refractivity contribution is 5.91. The predicted molar refractivity (Wildman–Crippen MR) is 103 cm³/mol. The number of nitrogens with one attached hydrogen (secondary N) is 1. The summed E-state index contributed by atoms with van der Waals surface area (Å²) in [5, 5.41) is 2.59. The molecule has 0 aliphatic rings. The lowest BCUT2D eigenvalue weighted by atomic mass is 10.1. The van der Waals surface area contributed by atoms with Crippen molar-refractivity contribution in [3.63, 3.8) is 0 Å². The molecule has 0 bridgehead atoms. The van der Waals surface area contributed by atoms with E-state index in [0.717, 1.165) is 0 Å². The van der Waals surface area contributed by atoms with E-state index < -0.39 is 23.6 Å². The number of carbonyl (C=O) groups is 3. The maximum atomic E-state index is 12.2. The van der Waals surface area contributed by atoms with Crippen LogP contribution in [0.2, 0.25) is 0 Å². The standard InChI is InChI=1S/C21H23NO6/c1-21(2,3)28-20(25)22-17-10-8-15(9-11-17)19(24)27-13-14-6-5-7-16(12-14)18(23)26-4/h5-12H,13H2,1-4H3,(H,22,25). The Bertz CT molecular complexity index is 852. The summed E-state index contributed by atoms with van der Waals surface area (Å²) in [5.41, 5.74) is 1.28. The van der Waals surface area contributed by atoms with E-state index in [4.69, 9.17) is 9.47 Å². The number of hydrogen-bond donors (Lipinski definition) is 1. The van der Waals surface area contributed by atoms with Crippen LogP contribution < -0.4 is 5.32 Å². The zero-order valence-electron chi connectivity index (χ0n) is 16.3. The first-order valence-electron chi connectivity index (χ1n) is 8.62. The molecule has 0 fully saturated rings. The highest BCUT2D eigenvalue weighted by Gasteiger charge is 2.16. The molecule has 0 spiro atoms. The fraction of sp³-hybridized carbons (Fsp3) is 0.286. The summed E-state index contributed by atoms with van der Waals surface area (Å²) in [7, 11) is 1.30. The van der Waals surface area contributed by atoms with E-state index in [2.05, 4.69) is 10.1 Å². The number of carbonyl (C=O) groups excluding carboxylic acids is 3. The Hall–Kier alpha value is -3.35. The largest absolute Gasteiger partial charge is 0.465 e. The van der Waals surface area contributed by atoms with E-state index in [1.54, 1.807) is 69.3 Å². The molecule has 1 N–H and O–H groups in total. The highest BCUT2D eigenvalue weighted by Crippen LogP contribution is 2.15. The molecule has 0 radical (unpaired) electrons. The van der Waals surface area contributed by atoms with Crippen molar-refractivity contribution in [1.29, 1.82) is 0 Å². The summed E-state index contributed by atoms with van der Waals surface area (Å²) in [5.74, 6) is -0.978. The van der Waals surface area contributed by atoms with Gasteiger partial charge >= 0.3 is 18.0 Å².